The van der Waals surface area contributed by atoms with Crippen LogP contribution in [-0.4, -0.2) is 62.6 Å². The number of nitrogens with zero attached hydrogens (tertiary/aromatic N) is 3. The first-order chi connectivity index (χ1) is 14.6. The number of fused-ring (bicyclic) bond motifs is 1. The second-order valence-corrected chi connectivity index (χ2v) is 8.37. The predicted molar refractivity (Wildman–Crippen MR) is 107 cm³/mol. The van der Waals surface area contributed by atoms with Crippen LogP contribution in [0.15, 0.2) is 30.9 Å². The number of halogens is 3. The summed E-state index contributed by atoms with van der Waals surface area (Å²) in [6, 6.07) is 2.71. The molecular weight excluding hydrogens is 413 g/mol. The number of amides is 2. The number of likely N-dealkylation sites (tertiary alicyclic amines) is 1. The van der Waals surface area contributed by atoms with Crippen LogP contribution in [0.25, 0.3) is 5.52 Å². The molecule has 3 rings (SSSR count). The van der Waals surface area contributed by atoms with Gasteiger partial charge in [0.2, 0.25) is 5.91 Å². The number of carbonyl (C=O) groups is 2. The van der Waals surface area contributed by atoms with Crippen molar-refractivity contribution >= 4 is 17.3 Å². The molecule has 3 heterocycles. The monoisotopic (exact) mass is 440 g/mol. The molecule has 0 bridgehead atoms. The van der Waals surface area contributed by atoms with E-state index in [2.05, 4.69) is 10.3 Å². The Labute approximate surface area is 178 Å². The van der Waals surface area contributed by atoms with Gasteiger partial charge in [0.15, 0.2) is 0 Å². The summed E-state index contributed by atoms with van der Waals surface area (Å²) in [5.41, 5.74) is 1.06. The van der Waals surface area contributed by atoms with E-state index in [4.69, 9.17) is 0 Å². The quantitative estimate of drug-likeness (QED) is 0.723. The lowest BCUT2D eigenvalue weighted by Gasteiger charge is -2.39. The number of rotatable bonds is 6. The number of aliphatic hydroxyl groups is 1. The van der Waals surface area contributed by atoms with Crippen molar-refractivity contribution in [3.05, 3.63) is 36.4 Å². The lowest BCUT2D eigenvalue weighted by molar-refractivity contribution is -0.139. The van der Waals surface area contributed by atoms with E-state index in [0.717, 1.165) is 0 Å². The molecule has 31 heavy (non-hydrogen) atoms. The Morgan fingerprint density at radius 1 is 1.35 bits per heavy atom. The fourth-order valence-electron chi connectivity index (χ4n) is 3.91. The molecule has 1 fully saturated rings. The van der Waals surface area contributed by atoms with Gasteiger partial charge in [0.05, 0.1) is 23.6 Å². The van der Waals surface area contributed by atoms with Crippen molar-refractivity contribution in [2.24, 2.45) is 11.8 Å². The van der Waals surface area contributed by atoms with Crippen LogP contribution in [0.5, 0.6) is 0 Å². The highest BCUT2D eigenvalue weighted by atomic mass is 19.4. The van der Waals surface area contributed by atoms with E-state index < -0.39 is 36.6 Å². The van der Waals surface area contributed by atoms with E-state index in [0.29, 0.717) is 17.5 Å². The molecule has 2 aromatic rings. The third-order valence-electron chi connectivity index (χ3n) is 5.75. The Balaban J connectivity index is 1.78. The van der Waals surface area contributed by atoms with E-state index >= 15 is 0 Å². The number of aliphatic hydroxyl groups excluding tert-OH is 1. The van der Waals surface area contributed by atoms with Crippen LogP contribution in [0, 0.1) is 11.8 Å². The molecule has 2 aromatic heterocycles. The van der Waals surface area contributed by atoms with Crippen LogP contribution in [0.2, 0.25) is 0 Å². The van der Waals surface area contributed by atoms with Crippen molar-refractivity contribution in [2.45, 2.75) is 51.4 Å². The third-order valence-corrected chi connectivity index (χ3v) is 5.75. The number of hydrogen-bond acceptors (Lipinski definition) is 4. The molecule has 1 saturated heterocycles. The zero-order chi connectivity index (χ0) is 22.8. The maximum Gasteiger partial charge on any atom is 0.389 e. The van der Waals surface area contributed by atoms with Crippen LogP contribution in [-0.2, 0) is 4.79 Å². The van der Waals surface area contributed by atoms with Gasteiger partial charge in [0.1, 0.15) is 6.10 Å². The van der Waals surface area contributed by atoms with E-state index in [1.165, 1.54) is 0 Å². The zero-order valence-corrected chi connectivity index (χ0v) is 17.5. The van der Waals surface area contributed by atoms with Gasteiger partial charge in [-0.2, -0.15) is 13.2 Å². The highest BCUT2D eigenvalue weighted by molar-refractivity contribution is 6.00. The molecular formula is C21H27F3N4O3. The van der Waals surface area contributed by atoms with Gasteiger partial charge in [-0.05, 0) is 36.8 Å². The number of nitrogens with one attached hydrogen (secondary N) is 1. The number of carbonyl (C=O) groups excluding carboxylic acids is 2. The van der Waals surface area contributed by atoms with Gasteiger partial charge < -0.3 is 19.7 Å². The fraction of sp³-hybridized carbons (Fsp3) is 0.571. The van der Waals surface area contributed by atoms with Gasteiger partial charge in [0.25, 0.3) is 5.91 Å². The molecule has 0 unspecified atom stereocenters. The second-order valence-electron chi connectivity index (χ2n) is 8.37. The van der Waals surface area contributed by atoms with Gasteiger partial charge in [-0.15, -0.1) is 0 Å². The summed E-state index contributed by atoms with van der Waals surface area (Å²) in [7, 11) is 0. The highest BCUT2D eigenvalue weighted by Gasteiger charge is 2.37. The first-order valence-corrected chi connectivity index (χ1v) is 10.3. The van der Waals surface area contributed by atoms with E-state index in [1.54, 1.807) is 54.0 Å². The molecule has 0 spiro atoms. The normalized spacial score (nSPS) is 20.8. The molecule has 2 amide bonds. The minimum Gasteiger partial charge on any atom is -0.383 e. The highest BCUT2D eigenvalue weighted by Crippen LogP contribution is 2.30. The Hall–Kier alpha value is -2.62. The molecule has 2 N–H and O–H groups in total. The van der Waals surface area contributed by atoms with Gasteiger partial charge in [-0.1, -0.05) is 13.8 Å². The zero-order valence-electron chi connectivity index (χ0n) is 17.5. The molecule has 0 saturated carbocycles. The Morgan fingerprint density at radius 3 is 2.77 bits per heavy atom. The molecule has 1 aliphatic rings. The Bertz CT molecular complexity index is 928. The number of pyridine rings is 1. The first-order valence-electron chi connectivity index (χ1n) is 10.3. The van der Waals surface area contributed by atoms with E-state index in [9.17, 15) is 27.9 Å². The molecule has 7 nitrogen and oxygen atoms in total. The minimum absolute atomic E-state index is 0.0765. The van der Waals surface area contributed by atoms with E-state index in [1.807, 2.05) is 0 Å². The SMILES string of the molecule is CC(C)[C@@H](O)C(=O)N[C@@H]1CN(C(=O)c2cccn3cncc23)CC[C@H]1CCC(F)(F)F. The van der Waals surface area contributed by atoms with Crippen molar-refractivity contribution in [3.8, 4) is 0 Å². The number of aromatic nitrogens is 2. The molecule has 1 aliphatic heterocycles. The van der Waals surface area contributed by atoms with Crippen molar-refractivity contribution in [1.82, 2.24) is 19.6 Å². The third kappa shape index (κ3) is 5.55. The topological polar surface area (TPSA) is 86.9 Å². The maximum atomic E-state index is 13.2. The number of alkyl halides is 3. The van der Waals surface area contributed by atoms with Crippen molar-refractivity contribution in [1.29, 1.82) is 0 Å². The van der Waals surface area contributed by atoms with Gasteiger partial charge in [-0.3, -0.25) is 9.59 Å². The molecule has 0 radical (unpaired) electrons. The van der Waals surface area contributed by atoms with Gasteiger partial charge in [0, 0.05) is 31.7 Å². The van der Waals surface area contributed by atoms with Gasteiger partial charge in [-0.25, -0.2) is 4.98 Å². The molecule has 0 aromatic carbocycles. The average molecular weight is 440 g/mol. The van der Waals surface area contributed by atoms with Crippen LogP contribution >= 0.6 is 0 Å². The van der Waals surface area contributed by atoms with Crippen LogP contribution in [0.1, 0.15) is 43.5 Å². The van der Waals surface area contributed by atoms with E-state index in [-0.39, 0.29) is 31.3 Å². The van der Waals surface area contributed by atoms with Crippen molar-refractivity contribution in [3.63, 3.8) is 0 Å². The second kappa shape index (κ2) is 9.25. The standard InChI is InChI=1S/C21H27F3N4O3/c1-13(2)18(29)19(30)26-16-11-27(9-6-14(16)5-7-21(22,23)24)20(31)15-4-3-8-28-12-25-10-17(15)28/h3-4,8,10,12-14,16,18,29H,5-7,9,11H2,1-2H3,(H,26,30)/t14-,16-,18-/m1/s1. The first kappa shape index (κ1) is 23.1. The summed E-state index contributed by atoms with van der Waals surface area (Å²) in [6.45, 7) is 3.71. The molecule has 0 aliphatic carbocycles. The lowest BCUT2D eigenvalue weighted by atomic mass is 9.86. The van der Waals surface area contributed by atoms with Crippen LogP contribution in [0.4, 0.5) is 13.2 Å². The van der Waals surface area contributed by atoms with Crippen molar-refractivity contribution in [2.75, 3.05) is 13.1 Å². The lowest BCUT2D eigenvalue weighted by Crippen LogP contribution is -2.56. The van der Waals surface area contributed by atoms with Gasteiger partial charge >= 0.3 is 6.18 Å². The summed E-state index contributed by atoms with van der Waals surface area (Å²) < 4.78 is 40.0. The van der Waals surface area contributed by atoms with Crippen LogP contribution in [0.3, 0.4) is 0 Å². The van der Waals surface area contributed by atoms with Crippen molar-refractivity contribution < 1.29 is 27.9 Å². The smallest absolute Gasteiger partial charge is 0.383 e. The van der Waals surface area contributed by atoms with Crippen LogP contribution < -0.4 is 5.32 Å². The Kier molecular flexibility index (Phi) is 6.88. The number of hydrogen-bond donors (Lipinski definition) is 2. The maximum absolute atomic E-state index is 13.2. The molecule has 10 heteroatoms. The number of imidazole rings is 1. The summed E-state index contributed by atoms with van der Waals surface area (Å²) >= 11 is 0. The Morgan fingerprint density at radius 2 is 2.10 bits per heavy atom. The average Bonchev–Trinajstić information content (AvgIpc) is 3.19. The minimum atomic E-state index is -4.30. The summed E-state index contributed by atoms with van der Waals surface area (Å²) in [5, 5.41) is 12.7. The summed E-state index contributed by atoms with van der Waals surface area (Å²) in [6.07, 6.45) is -1.43. The predicted octanol–water partition coefficient (Wildman–Crippen LogP) is 2.64. The summed E-state index contributed by atoms with van der Waals surface area (Å²) in [5.74, 6) is -1.69. The molecule has 170 valence electrons. The summed E-state index contributed by atoms with van der Waals surface area (Å²) in [4.78, 5) is 31.1. The number of piperidine rings is 1. The fourth-order valence-corrected chi connectivity index (χ4v) is 3.91. The largest absolute Gasteiger partial charge is 0.389 e. The molecule has 3 atom stereocenters.